The van der Waals surface area contributed by atoms with E-state index in [1.807, 2.05) is 6.92 Å². The van der Waals surface area contributed by atoms with Gasteiger partial charge in [0.1, 0.15) is 0 Å². The Hall–Kier alpha value is -1.03. The van der Waals surface area contributed by atoms with Crippen molar-refractivity contribution in [2.24, 2.45) is 12.8 Å². The number of hydrogen-bond donors (Lipinski definition) is 2. The molecule has 0 spiro atoms. The van der Waals surface area contributed by atoms with Crippen LogP contribution in [0.3, 0.4) is 0 Å². The number of nitrogens with two attached hydrogens (primary N) is 1. The summed E-state index contributed by atoms with van der Waals surface area (Å²) in [6.45, 7) is 2.14. The maximum atomic E-state index is 11.1. The Bertz CT molecular complexity index is 284. The number of rotatable bonds is 1. The summed E-state index contributed by atoms with van der Waals surface area (Å²) in [6, 6.07) is 0. The van der Waals surface area contributed by atoms with Gasteiger partial charge in [0, 0.05) is 19.3 Å². The highest BCUT2D eigenvalue weighted by Gasteiger charge is 2.04. The molecule has 4 heteroatoms. The van der Waals surface area contributed by atoms with E-state index in [9.17, 15) is 4.79 Å². The van der Waals surface area contributed by atoms with Crippen LogP contribution in [-0.4, -0.2) is 9.78 Å². The zero-order valence-electron chi connectivity index (χ0n) is 6.14. The third-order valence-electron chi connectivity index (χ3n) is 1.55. The summed E-state index contributed by atoms with van der Waals surface area (Å²) in [5.41, 5.74) is 6.83. The molecule has 1 aromatic heterocycles. The summed E-state index contributed by atoms with van der Waals surface area (Å²) < 4.78 is 1.43. The first-order valence-corrected chi connectivity index (χ1v) is 3.11. The van der Waals surface area contributed by atoms with Crippen molar-refractivity contribution in [1.29, 1.82) is 0 Å². The Labute approximate surface area is 58.6 Å². The predicted molar refractivity (Wildman–Crippen MR) is 38.7 cm³/mol. The first-order valence-electron chi connectivity index (χ1n) is 3.11. The van der Waals surface area contributed by atoms with Gasteiger partial charge >= 0.3 is 0 Å². The van der Waals surface area contributed by atoms with Gasteiger partial charge in [0.2, 0.25) is 0 Å². The second kappa shape index (κ2) is 2.30. The number of aromatic amines is 1. The first kappa shape index (κ1) is 7.08. The van der Waals surface area contributed by atoms with E-state index in [0.717, 1.165) is 5.69 Å². The average molecular weight is 141 g/mol. The second-order valence-electron chi connectivity index (χ2n) is 2.28. The van der Waals surface area contributed by atoms with Gasteiger partial charge in [0.25, 0.3) is 5.56 Å². The van der Waals surface area contributed by atoms with Gasteiger partial charge in [0.05, 0.1) is 5.56 Å². The van der Waals surface area contributed by atoms with Gasteiger partial charge in [-0.15, -0.1) is 0 Å². The minimum atomic E-state index is -0.0278. The molecular formula is C6H11N3O. The zero-order chi connectivity index (χ0) is 7.72. The Kier molecular flexibility index (Phi) is 1.63. The Balaban J connectivity index is 3.34. The van der Waals surface area contributed by atoms with E-state index in [2.05, 4.69) is 5.10 Å². The van der Waals surface area contributed by atoms with Crippen molar-refractivity contribution in [1.82, 2.24) is 9.78 Å². The van der Waals surface area contributed by atoms with Crippen LogP contribution in [0.5, 0.6) is 0 Å². The highest BCUT2D eigenvalue weighted by Crippen LogP contribution is 1.94. The molecule has 1 heterocycles. The van der Waals surface area contributed by atoms with Crippen molar-refractivity contribution in [3.05, 3.63) is 21.6 Å². The van der Waals surface area contributed by atoms with Gasteiger partial charge in [-0.3, -0.25) is 14.6 Å². The summed E-state index contributed by atoms with van der Waals surface area (Å²) in [7, 11) is 1.68. The minimum Gasteiger partial charge on any atom is -0.326 e. The third-order valence-corrected chi connectivity index (χ3v) is 1.55. The van der Waals surface area contributed by atoms with Crippen LogP contribution in [0.15, 0.2) is 4.79 Å². The molecular weight excluding hydrogens is 130 g/mol. The van der Waals surface area contributed by atoms with Crippen molar-refractivity contribution in [2.45, 2.75) is 13.5 Å². The maximum Gasteiger partial charge on any atom is 0.270 e. The standard InChI is InChI=1S/C6H11N3O/c1-4-5(3-7)6(10)9(2)8-4/h8H,3,7H2,1-2H3. The summed E-state index contributed by atoms with van der Waals surface area (Å²) in [4.78, 5) is 11.1. The van der Waals surface area contributed by atoms with Gasteiger partial charge in [-0.05, 0) is 6.92 Å². The molecule has 10 heavy (non-hydrogen) atoms. The topological polar surface area (TPSA) is 63.8 Å². The van der Waals surface area contributed by atoms with E-state index in [0.29, 0.717) is 12.1 Å². The van der Waals surface area contributed by atoms with Crippen molar-refractivity contribution >= 4 is 0 Å². The fourth-order valence-corrected chi connectivity index (χ4v) is 0.973. The highest BCUT2D eigenvalue weighted by atomic mass is 16.1. The first-order chi connectivity index (χ1) is 4.66. The molecule has 56 valence electrons. The van der Waals surface area contributed by atoms with Crippen LogP contribution in [0.25, 0.3) is 0 Å². The lowest BCUT2D eigenvalue weighted by atomic mass is 10.3. The molecule has 0 atom stereocenters. The Morgan fingerprint density at radius 1 is 1.70 bits per heavy atom. The number of aromatic nitrogens is 2. The molecule has 0 fully saturated rings. The molecule has 0 saturated heterocycles. The van der Waals surface area contributed by atoms with E-state index in [-0.39, 0.29) is 5.56 Å². The molecule has 0 aromatic carbocycles. The molecule has 0 bridgehead atoms. The summed E-state index contributed by atoms with van der Waals surface area (Å²) in [6.07, 6.45) is 0. The summed E-state index contributed by atoms with van der Waals surface area (Å²) >= 11 is 0. The van der Waals surface area contributed by atoms with Crippen LogP contribution in [0.2, 0.25) is 0 Å². The second-order valence-corrected chi connectivity index (χ2v) is 2.28. The van der Waals surface area contributed by atoms with Gasteiger partial charge < -0.3 is 5.73 Å². The van der Waals surface area contributed by atoms with Gasteiger partial charge in [0.15, 0.2) is 0 Å². The number of aryl methyl sites for hydroxylation is 2. The Morgan fingerprint density at radius 3 is 2.50 bits per heavy atom. The third kappa shape index (κ3) is 0.863. The van der Waals surface area contributed by atoms with E-state index >= 15 is 0 Å². The largest absolute Gasteiger partial charge is 0.326 e. The molecule has 0 unspecified atom stereocenters. The quantitative estimate of drug-likeness (QED) is 0.552. The van der Waals surface area contributed by atoms with Crippen LogP contribution in [0.1, 0.15) is 11.3 Å². The predicted octanol–water partition coefficient (Wildman–Crippen LogP) is -0.519. The molecule has 0 aliphatic carbocycles. The lowest BCUT2D eigenvalue weighted by Crippen LogP contribution is -2.17. The zero-order valence-corrected chi connectivity index (χ0v) is 6.14. The van der Waals surface area contributed by atoms with Crippen molar-refractivity contribution in [3.63, 3.8) is 0 Å². The number of hydrogen-bond acceptors (Lipinski definition) is 2. The SMILES string of the molecule is Cc1[nH]n(C)c(=O)c1CN. The van der Waals surface area contributed by atoms with Crippen molar-refractivity contribution < 1.29 is 0 Å². The van der Waals surface area contributed by atoms with Crippen LogP contribution in [-0.2, 0) is 13.6 Å². The number of nitrogens with zero attached hydrogens (tertiary/aromatic N) is 1. The van der Waals surface area contributed by atoms with E-state index < -0.39 is 0 Å². The van der Waals surface area contributed by atoms with Crippen LogP contribution >= 0.6 is 0 Å². The van der Waals surface area contributed by atoms with Crippen LogP contribution in [0.4, 0.5) is 0 Å². The molecule has 4 nitrogen and oxygen atoms in total. The molecule has 3 N–H and O–H groups in total. The van der Waals surface area contributed by atoms with Gasteiger partial charge in [-0.2, -0.15) is 0 Å². The summed E-state index contributed by atoms with van der Waals surface area (Å²) in [5, 5.41) is 2.85. The molecule has 1 rings (SSSR count). The van der Waals surface area contributed by atoms with E-state index in [1.165, 1.54) is 4.68 Å². The lowest BCUT2D eigenvalue weighted by Gasteiger charge is -1.85. The fraction of sp³-hybridized carbons (Fsp3) is 0.500. The van der Waals surface area contributed by atoms with Gasteiger partial charge in [-0.1, -0.05) is 0 Å². The molecule has 0 radical (unpaired) electrons. The molecule has 1 aromatic rings. The molecule has 0 aliphatic heterocycles. The minimum absolute atomic E-state index is 0.0278. The average Bonchev–Trinajstić information content (AvgIpc) is 2.09. The summed E-state index contributed by atoms with van der Waals surface area (Å²) in [5.74, 6) is 0. The van der Waals surface area contributed by atoms with Crippen molar-refractivity contribution in [3.8, 4) is 0 Å². The van der Waals surface area contributed by atoms with Crippen LogP contribution < -0.4 is 11.3 Å². The molecule has 0 aliphatic rings. The van der Waals surface area contributed by atoms with E-state index in [4.69, 9.17) is 5.73 Å². The lowest BCUT2D eigenvalue weighted by molar-refractivity contribution is 0.729. The maximum absolute atomic E-state index is 11.1. The fourth-order valence-electron chi connectivity index (χ4n) is 0.973. The number of nitrogens with one attached hydrogen (secondary N) is 1. The molecule has 0 amide bonds. The molecule has 0 saturated carbocycles. The number of H-pyrrole nitrogens is 1. The van der Waals surface area contributed by atoms with E-state index in [1.54, 1.807) is 7.05 Å². The van der Waals surface area contributed by atoms with Crippen LogP contribution in [0, 0.1) is 6.92 Å². The smallest absolute Gasteiger partial charge is 0.270 e. The Morgan fingerprint density at radius 2 is 2.30 bits per heavy atom. The van der Waals surface area contributed by atoms with Gasteiger partial charge in [-0.25, -0.2) is 0 Å². The van der Waals surface area contributed by atoms with Crippen molar-refractivity contribution in [2.75, 3.05) is 0 Å². The normalized spacial score (nSPS) is 10.3. The monoisotopic (exact) mass is 141 g/mol. The highest BCUT2D eigenvalue weighted by molar-refractivity contribution is 5.14.